The summed E-state index contributed by atoms with van der Waals surface area (Å²) in [6.07, 6.45) is 6.46. The predicted molar refractivity (Wildman–Crippen MR) is 155 cm³/mol. The van der Waals surface area contributed by atoms with Crippen molar-refractivity contribution in [1.82, 2.24) is 9.80 Å². The molecule has 210 valence electrons. The Morgan fingerprint density at radius 3 is 2.38 bits per heavy atom. The largest absolute Gasteiger partial charge is 0.458 e. The Hall–Kier alpha value is -3.58. The molecule has 2 aliphatic heterocycles. The van der Waals surface area contributed by atoms with Crippen molar-refractivity contribution in [1.29, 1.82) is 0 Å². The van der Waals surface area contributed by atoms with Crippen LogP contribution in [0.15, 0.2) is 66.1 Å². The zero-order valence-corrected chi connectivity index (χ0v) is 24.0. The summed E-state index contributed by atoms with van der Waals surface area (Å²) in [5, 5.41) is 3.22. The SMILES string of the molecule is Cc1ccc(NC(=O)C2(C3(C)C=CC4=C(C3)OCO4)CC2)cc1-c1ccc(C(=O)N2CCN(C(C)C)CC2)cc1. The lowest BCUT2D eigenvalue weighted by Crippen LogP contribution is -2.50. The highest BCUT2D eigenvalue weighted by molar-refractivity contribution is 5.99. The van der Waals surface area contributed by atoms with Gasteiger partial charge in [0.25, 0.3) is 5.91 Å². The summed E-state index contributed by atoms with van der Waals surface area (Å²) < 4.78 is 11.2. The number of hydrogen-bond donors (Lipinski definition) is 1. The van der Waals surface area contributed by atoms with Crippen LogP contribution in [-0.4, -0.2) is 60.6 Å². The standard InChI is InChI=1S/C33H39N3O4/c1-22(2)35-15-17-36(18-16-35)30(37)25-8-6-24(7-9-25)27-19-26(10-5-23(27)3)34-31(38)33(13-14-33)32(4)12-11-28-29(20-32)40-21-39-28/h5-12,19,22H,13-18,20-21H2,1-4H3,(H,34,38). The van der Waals surface area contributed by atoms with Gasteiger partial charge in [0.2, 0.25) is 12.7 Å². The van der Waals surface area contributed by atoms with Gasteiger partial charge < -0.3 is 19.7 Å². The van der Waals surface area contributed by atoms with Gasteiger partial charge in [-0.3, -0.25) is 14.5 Å². The van der Waals surface area contributed by atoms with Crippen LogP contribution in [0.25, 0.3) is 11.1 Å². The fourth-order valence-corrected chi connectivity index (χ4v) is 6.44. The van der Waals surface area contributed by atoms with Gasteiger partial charge in [-0.25, -0.2) is 0 Å². The monoisotopic (exact) mass is 541 g/mol. The van der Waals surface area contributed by atoms with Crippen LogP contribution in [0, 0.1) is 17.8 Å². The van der Waals surface area contributed by atoms with E-state index in [0.717, 1.165) is 72.9 Å². The Labute approximate surface area is 236 Å². The minimum absolute atomic E-state index is 0.0518. The van der Waals surface area contributed by atoms with Gasteiger partial charge in [-0.1, -0.05) is 31.2 Å². The Morgan fingerprint density at radius 1 is 0.975 bits per heavy atom. The fourth-order valence-electron chi connectivity index (χ4n) is 6.44. The van der Waals surface area contributed by atoms with Crippen LogP contribution in [-0.2, 0) is 14.3 Å². The number of amides is 2. The lowest BCUT2D eigenvalue weighted by atomic mass is 9.68. The van der Waals surface area contributed by atoms with Gasteiger partial charge in [-0.05, 0) is 80.6 Å². The normalized spacial score (nSPS) is 23.5. The Morgan fingerprint density at radius 2 is 1.70 bits per heavy atom. The van der Waals surface area contributed by atoms with E-state index in [1.54, 1.807) is 0 Å². The third kappa shape index (κ3) is 4.70. The molecular formula is C33H39N3O4. The number of nitrogens with zero attached hydrogens (tertiary/aromatic N) is 2. The molecule has 2 amide bonds. The summed E-state index contributed by atoms with van der Waals surface area (Å²) in [6.45, 7) is 12.2. The van der Waals surface area contributed by atoms with Gasteiger partial charge in [0.1, 0.15) is 5.76 Å². The van der Waals surface area contributed by atoms with E-state index in [0.29, 0.717) is 18.0 Å². The number of carbonyl (C=O) groups excluding carboxylic acids is 2. The van der Waals surface area contributed by atoms with E-state index in [1.165, 1.54) is 0 Å². The van der Waals surface area contributed by atoms with Crippen LogP contribution < -0.4 is 5.32 Å². The van der Waals surface area contributed by atoms with E-state index >= 15 is 0 Å². The number of anilines is 1. The molecule has 2 aliphatic carbocycles. The number of hydrogen-bond acceptors (Lipinski definition) is 5. The zero-order valence-electron chi connectivity index (χ0n) is 24.0. The van der Waals surface area contributed by atoms with E-state index in [9.17, 15) is 9.59 Å². The quantitative estimate of drug-likeness (QED) is 0.506. The lowest BCUT2D eigenvalue weighted by molar-refractivity contribution is -0.124. The molecular weight excluding hydrogens is 502 g/mol. The van der Waals surface area contributed by atoms with Crippen LogP contribution in [0.2, 0.25) is 0 Å². The number of carbonyl (C=O) groups is 2. The van der Waals surface area contributed by atoms with Crippen molar-refractivity contribution in [2.45, 2.75) is 53.0 Å². The summed E-state index contributed by atoms with van der Waals surface area (Å²) >= 11 is 0. The number of rotatable bonds is 6. The first-order valence-corrected chi connectivity index (χ1v) is 14.4. The molecule has 0 radical (unpaired) electrons. The highest BCUT2D eigenvalue weighted by Gasteiger charge is 2.62. The molecule has 40 heavy (non-hydrogen) atoms. The summed E-state index contributed by atoms with van der Waals surface area (Å²) in [4.78, 5) is 31.2. The van der Waals surface area contributed by atoms with E-state index in [1.807, 2.05) is 53.4 Å². The molecule has 0 bridgehead atoms. The third-order valence-electron chi connectivity index (χ3n) is 9.40. The second-order valence-electron chi connectivity index (χ2n) is 12.2. The number of ether oxygens (including phenoxy) is 2. The number of piperazine rings is 1. The Balaban J connectivity index is 1.15. The van der Waals surface area contributed by atoms with Gasteiger partial charge in [-0.2, -0.15) is 0 Å². The first kappa shape index (κ1) is 26.6. The molecule has 7 nitrogen and oxygen atoms in total. The molecule has 1 saturated heterocycles. The maximum Gasteiger partial charge on any atom is 0.253 e. The molecule has 0 spiro atoms. The Kier molecular flexibility index (Phi) is 6.73. The number of aryl methyl sites for hydroxylation is 1. The summed E-state index contributed by atoms with van der Waals surface area (Å²) in [5.74, 6) is 1.78. The van der Waals surface area contributed by atoms with Crippen LogP contribution >= 0.6 is 0 Å². The van der Waals surface area contributed by atoms with Gasteiger partial charge in [0, 0.05) is 55.3 Å². The molecule has 6 rings (SSSR count). The maximum atomic E-state index is 13.7. The molecule has 1 N–H and O–H groups in total. The highest BCUT2D eigenvalue weighted by atomic mass is 16.7. The van der Waals surface area contributed by atoms with E-state index < -0.39 is 5.41 Å². The molecule has 7 heteroatoms. The van der Waals surface area contributed by atoms with Gasteiger partial charge in [-0.15, -0.1) is 0 Å². The van der Waals surface area contributed by atoms with Crippen molar-refractivity contribution >= 4 is 17.5 Å². The van der Waals surface area contributed by atoms with Crippen molar-refractivity contribution in [2.75, 3.05) is 38.3 Å². The molecule has 2 aromatic rings. The van der Waals surface area contributed by atoms with Crippen molar-refractivity contribution in [2.24, 2.45) is 10.8 Å². The average Bonchev–Trinajstić information content (AvgIpc) is 3.67. The number of nitrogens with one attached hydrogen (secondary N) is 1. The molecule has 2 fully saturated rings. The van der Waals surface area contributed by atoms with Crippen LogP contribution in [0.3, 0.4) is 0 Å². The fraction of sp³-hybridized carbons (Fsp3) is 0.455. The second kappa shape index (κ2) is 10.1. The van der Waals surface area contributed by atoms with Crippen LogP contribution in [0.4, 0.5) is 5.69 Å². The molecule has 2 aromatic carbocycles. The zero-order chi connectivity index (χ0) is 28.1. The van der Waals surface area contributed by atoms with E-state index in [-0.39, 0.29) is 24.0 Å². The highest BCUT2D eigenvalue weighted by Crippen LogP contribution is 2.63. The first-order chi connectivity index (χ1) is 19.2. The van der Waals surface area contributed by atoms with Crippen molar-refractivity contribution in [3.63, 3.8) is 0 Å². The van der Waals surface area contributed by atoms with Crippen molar-refractivity contribution in [3.05, 3.63) is 77.3 Å². The minimum Gasteiger partial charge on any atom is -0.458 e. The second-order valence-corrected chi connectivity index (χ2v) is 12.2. The molecule has 1 unspecified atom stereocenters. The summed E-state index contributed by atoms with van der Waals surface area (Å²) in [7, 11) is 0. The predicted octanol–water partition coefficient (Wildman–Crippen LogP) is 5.73. The topological polar surface area (TPSA) is 71.1 Å². The maximum absolute atomic E-state index is 13.7. The van der Waals surface area contributed by atoms with Gasteiger partial charge in [0.05, 0.1) is 5.41 Å². The first-order valence-electron chi connectivity index (χ1n) is 14.4. The summed E-state index contributed by atoms with van der Waals surface area (Å²) in [5.41, 5.74) is 3.90. The van der Waals surface area contributed by atoms with Crippen molar-refractivity contribution < 1.29 is 19.1 Å². The molecule has 4 aliphatic rings. The molecule has 1 atom stereocenters. The Bertz CT molecular complexity index is 1380. The third-order valence-corrected chi connectivity index (χ3v) is 9.40. The minimum atomic E-state index is -0.457. The summed E-state index contributed by atoms with van der Waals surface area (Å²) in [6, 6.07) is 14.4. The van der Waals surface area contributed by atoms with Crippen LogP contribution in [0.1, 0.15) is 56.0 Å². The lowest BCUT2D eigenvalue weighted by Gasteiger charge is -2.37. The van der Waals surface area contributed by atoms with Gasteiger partial charge in [0.15, 0.2) is 5.76 Å². The van der Waals surface area contributed by atoms with Crippen molar-refractivity contribution in [3.8, 4) is 11.1 Å². The van der Waals surface area contributed by atoms with E-state index in [4.69, 9.17) is 9.47 Å². The van der Waals surface area contributed by atoms with E-state index in [2.05, 4.69) is 44.0 Å². The van der Waals surface area contributed by atoms with Gasteiger partial charge >= 0.3 is 0 Å². The molecule has 1 saturated carbocycles. The van der Waals surface area contributed by atoms with Crippen LogP contribution in [0.5, 0.6) is 0 Å². The number of allylic oxidation sites excluding steroid dienone is 3. The molecule has 2 heterocycles. The average molecular weight is 542 g/mol. The number of benzene rings is 2. The molecule has 0 aromatic heterocycles. The smallest absolute Gasteiger partial charge is 0.253 e.